The lowest BCUT2D eigenvalue weighted by atomic mass is 10.1. The summed E-state index contributed by atoms with van der Waals surface area (Å²) in [5.74, 6) is 0.683. The molecule has 0 aliphatic carbocycles. The first-order chi connectivity index (χ1) is 16.5. The highest BCUT2D eigenvalue weighted by molar-refractivity contribution is 7.92. The Balaban J connectivity index is 1.68. The number of hydrogen-bond donors (Lipinski definition) is 2. The third-order valence-corrected chi connectivity index (χ3v) is 7.00. The summed E-state index contributed by atoms with van der Waals surface area (Å²) in [6.45, 7) is 5.27. The molecular formula is C25H27ClN2O6S. The van der Waals surface area contributed by atoms with Gasteiger partial charge in [-0.05, 0) is 67.8 Å². The number of anilines is 2. The number of halogens is 1. The number of carbonyl (C=O) groups excluding carboxylic acids is 1. The molecule has 8 nitrogen and oxygen atoms in total. The number of benzene rings is 3. The van der Waals surface area contributed by atoms with E-state index in [9.17, 15) is 13.2 Å². The molecule has 0 bridgehead atoms. The maximum atomic E-state index is 12.8. The topological polar surface area (TPSA) is 103 Å². The Morgan fingerprint density at radius 1 is 0.857 bits per heavy atom. The minimum atomic E-state index is -3.79. The van der Waals surface area contributed by atoms with Crippen LogP contribution in [0.1, 0.15) is 16.7 Å². The summed E-state index contributed by atoms with van der Waals surface area (Å²) in [6, 6.07) is 12.9. The van der Waals surface area contributed by atoms with Crippen LogP contribution in [0.4, 0.5) is 11.4 Å². The molecule has 0 aromatic heterocycles. The average molecular weight is 519 g/mol. The van der Waals surface area contributed by atoms with Crippen molar-refractivity contribution in [1.29, 1.82) is 0 Å². The van der Waals surface area contributed by atoms with E-state index in [2.05, 4.69) is 10.0 Å². The smallest absolute Gasteiger partial charge is 0.262 e. The highest BCUT2D eigenvalue weighted by Crippen LogP contribution is 2.36. The Kier molecular flexibility index (Phi) is 8.14. The predicted molar refractivity (Wildman–Crippen MR) is 137 cm³/mol. The lowest BCUT2D eigenvalue weighted by Gasteiger charge is -2.15. The molecule has 0 spiro atoms. The van der Waals surface area contributed by atoms with Crippen LogP contribution in [0.3, 0.4) is 0 Å². The van der Waals surface area contributed by atoms with Gasteiger partial charge in [-0.1, -0.05) is 17.7 Å². The fourth-order valence-electron chi connectivity index (χ4n) is 3.26. The summed E-state index contributed by atoms with van der Waals surface area (Å²) >= 11 is 6.09. The minimum Gasteiger partial charge on any atom is -0.495 e. The fraction of sp³-hybridized carbons (Fsp3) is 0.240. The molecule has 0 unspecified atom stereocenters. The van der Waals surface area contributed by atoms with E-state index in [0.717, 1.165) is 11.1 Å². The Morgan fingerprint density at radius 3 is 2.20 bits per heavy atom. The zero-order chi connectivity index (χ0) is 25.8. The minimum absolute atomic E-state index is 0.0861. The summed E-state index contributed by atoms with van der Waals surface area (Å²) in [5, 5.41) is 3.03. The molecule has 3 aromatic rings. The van der Waals surface area contributed by atoms with Crippen molar-refractivity contribution in [3.8, 4) is 17.2 Å². The van der Waals surface area contributed by atoms with Gasteiger partial charge in [-0.3, -0.25) is 9.52 Å². The van der Waals surface area contributed by atoms with Crippen LogP contribution in [0.2, 0.25) is 5.02 Å². The number of amides is 1. The molecule has 0 saturated heterocycles. The van der Waals surface area contributed by atoms with Crippen molar-refractivity contribution in [1.82, 2.24) is 0 Å². The van der Waals surface area contributed by atoms with Gasteiger partial charge in [-0.2, -0.15) is 0 Å². The average Bonchev–Trinajstić information content (AvgIpc) is 2.81. The van der Waals surface area contributed by atoms with Crippen molar-refractivity contribution < 1.29 is 27.4 Å². The molecule has 35 heavy (non-hydrogen) atoms. The molecule has 1 amide bonds. The number of ether oxygens (including phenoxy) is 3. The molecule has 3 rings (SSSR count). The SMILES string of the molecule is COc1cc(NC(=O)COc2ccc(S(=O)(=O)Nc3ccc(C)c(C)c3)cc2C)c(OC)cc1Cl. The van der Waals surface area contributed by atoms with Gasteiger partial charge in [0.2, 0.25) is 0 Å². The molecule has 0 aliphatic rings. The number of nitrogens with one attached hydrogen (secondary N) is 2. The van der Waals surface area contributed by atoms with E-state index in [1.54, 1.807) is 25.1 Å². The number of carbonyl (C=O) groups is 1. The van der Waals surface area contributed by atoms with Crippen molar-refractivity contribution in [3.63, 3.8) is 0 Å². The Labute approximate surface area is 210 Å². The van der Waals surface area contributed by atoms with E-state index in [1.165, 1.54) is 38.5 Å². The van der Waals surface area contributed by atoms with Crippen LogP contribution in [-0.2, 0) is 14.8 Å². The fourth-order valence-corrected chi connectivity index (χ4v) is 4.62. The highest BCUT2D eigenvalue weighted by atomic mass is 35.5. The van der Waals surface area contributed by atoms with Crippen molar-refractivity contribution in [2.24, 2.45) is 0 Å². The predicted octanol–water partition coefficient (Wildman–Crippen LogP) is 5.10. The third kappa shape index (κ3) is 6.37. The second-order valence-corrected chi connectivity index (χ2v) is 9.95. The maximum Gasteiger partial charge on any atom is 0.262 e. The molecular weight excluding hydrogens is 492 g/mol. The summed E-state index contributed by atoms with van der Waals surface area (Å²) in [7, 11) is -0.872. The van der Waals surface area contributed by atoms with E-state index < -0.39 is 15.9 Å². The third-order valence-electron chi connectivity index (χ3n) is 5.32. The van der Waals surface area contributed by atoms with Gasteiger partial charge in [0.1, 0.15) is 17.2 Å². The van der Waals surface area contributed by atoms with Crippen molar-refractivity contribution >= 4 is 38.9 Å². The highest BCUT2D eigenvalue weighted by Gasteiger charge is 2.17. The second-order valence-electron chi connectivity index (χ2n) is 7.86. The zero-order valence-corrected chi connectivity index (χ0v) is 21.6. The molecule has 0 radical (unpaired) electrons. The summed E-state index contributed by atoms with van der Waals surface area (Å²) in [4.78, 5) is 12.5. The number of rotatable bonds is 9. The van der Waals surface area contributed by atoms with E-state index in [-0.39, 0.29) is 11.5 Å². The molecule has 10 heteroatoms. The first kappa shape index (κ1) is 26.2. The van der Waals surface area contributed by atoms with Gasteiger partial charge in [0, 0.05) is 17.8 Å². The van der Waals surface area contributed by atoms with Crippen LogP contribution < -0.4 is 24.2 Å². The van der Waals surface area contributed by atoms with Gasteiger partial charge in [0.25, 0.3) is 15.9 Å². The molecule has 0 saturated carbocycles. The van der Waals surface area contributed by atoms with Crippen LogP contribution in [0.15, 0.2) is 53.4 Å². The molecule has 3 aromatic carbocycles. The Bertz CT molecular complexity index is 1360. The molecule has 2 N–H and O–H groups in total. The van der Waals surface area contributed by atoms with E-state index in [4.69, 9.17) is 25.8 Å². The van der Waals surface area contributed by atoms with Gasteiger partial charge >= 0.3 is 0 Å². The zero-order valence-electron chi connectivity index (χ0n) is 20.1. The van der Waals surface area contributed by atoms with Gasteiger partial charge in [0.15, 0.2) is 6.61 Å². The Morgan fingerprint density at radius 2 is 1.57 bits per heavy atom. The molecule has 0 heterocycles. The second kappa shape index (κ2) is 10.9. The first-order valence-electron chi connectivity index (χ1n) is 10.6. The monoisotopic (exact) mass is 518 g/mol. The maximum absolute atomic E-state index is 12.8. The van der Waals surface area contributed by atoms with Crippen LogP contribution >= 0.6 is 11.6 Å². The summed E-state index contributed by atoms with van der Waals surface area (Å²) in [6.07, 6.45) is 0. The largest absolute Gasteiger partial charge is 0.495 e. The van der Waals surface area contributed by atoms with Crippen molar-refractivity contribution in [2.75, 3.05) is 30.9 Å². The molecule has 0 atom stereocenters. The molecule has 186 valence electrons. The number of sulfonamides is 1. The van der Waals surface area contributed by atoms with E-state index >= 15 is 0 Å². The lowest BCUT2D eigenvalue weighted by Crippen LogP contribution is -2.21. The molecule has 0 aliphatic heterocycles. The van der Waals surface area contributed by atoms with Gasteiger partial charge in [-0.25, -0.2) is 8.42 Å². The Hall–Kier alpha value is -3.43. The quantitative estimate of drug-likeness (QED) is 0.408. The standard InChI is InChI=1S/C25H27ClN2O6S/c1-15-6-7-18(10-16(15)2)28-35(30,31)19-8-9-22(17(3)11-19)34-14-25(29)27-21-13-23(32-4)20(26)12-24(21)33-5/h6-13,28H,14H2,1-5H3,(H,27,29). The van der Waals surface area contributed by atoms with Gasteiger partial charge in [-0.15, -0.1) is 0 Å². The lowest BCUT2D eigenvalue weighted by molar-refractivity contribution is -0.118. The van der Waals surface area contributed by atoms with Crippen LogP contribution in [-0.4, -0.2) is 35.2 Å². The number of aryl methyl sites for hydroxylation is 3. The van der Waals surface area contributed by atoms with Crippen LogP contribution in [0.25, 0.3) is 0 Å². The van der Waals surface area contributed by atoms with Gasteiger partial charge in [0.05, 0.1) is 29.8 Å². The summed E-state index contributed by atoms with van der Waals surface area (Å²) in [5.41, 5.74) is 3.47. The van der Waals surface area contributed by atoms with Crippen LogP contribution in [0.5, 0.6) is 17.2 Å². The van der Waals surface area contributed by atoms with E-state index in [1.807, 2.05) is 19.9 Å². The molecule has 0 fully saturated rings. The first-order valence-corrected chi connectivity index (χ1v) is 12.4. The number of methoxy groups -OCH3 is 2. The summed E-state index contributed by atoms with van der Waals surface area (Å²) < 4.78 is 44.3. The van der Waals surface area contributed by atoms with Crippen molar-refractivity contribution in [2.45, 2.75) is 25.7 Å². The van der Waals surface area contributed by atoms with Crippen molar-refractivity contribution in [3.05, 3.63) is 70.2 Å². The number of hydrogen-bond acceptors (Lipinski definition) is 6. The van der Waals surface area contributed by atoms with Crippen LogP contribution in [0, 0.1) is 20.8 Å². The van der Waals surface area contributed by atoms with Gasteiger partial charge < -0.3 is 19.5 Å². The van der Waals surface area contributed by atoms with E-state index in [0.29, 0.717) is 39.2 Å². The normalized spacial score (nSPS) is 11.0.